The second kappa shape index (κ2) is 12.5. The summed E-state index contributed by atoms with van der Waals surface area (Å²) in [5.41, 5.74) is 2.61. The highest BCUT2D eigenvalue weighted by Crippen LogP contribution is 2.72. The lowest BCUT2D eigenvalue weighted by Gasteiger charge is -2.62. The highest BCUT2D eigenvalue weighted by atomic mass is 16.7. The number of aliphatic hydroxyl groups excluding tert-OH is 6. The molecule has 0 radical (unpaired) electrons. The van der Waals surface area contributed by atoms with Crippen molar-refractivity contribution >= 4 is 5.97 Å². The Kier molecular flexibility index (Phi) is 9.79. The number of carbonyl (C=O) groups excluding carboxylic acids is 1. The summed E-state index contributed by atoms with van der Waals surface area (Å²) in [6.45, 7) is 19.0. The van der Waals surface area contributed by atoms with E-state index in [1.807, 2.05) is 0 Å². The predicted molar refractivity (Wildman–Crippen MR) is 173 cm³/mol. The molecular weight excluding hydrogens is 588 g/mol. The van der Waals surface area contributed by atoms with Crippen molar-refractivity contribution in [3.63, 3.8) is 0 Å². The van der Waals surface area contributed by atoms with Gasteiger partial charge in [0, 0.05) is 5.41 Å². The average molecular weight is 649 g/mol. The van der Waals surface area contributed by atoms with Crippen molar-refractivity contribution in [2.75, 3.05) is 6.61 Å². The molecule has 9 nitrogen and oxygen atoms in total. The van der Waals surface area contributed by atoms with Crippen molar-refractivity contribution in [1.82, 2.24) is 0 Å². The molecule has 0 amide bonds. The van der Waals surface area contributed by atoms with Crippen LogP contribution in [0.1, 0.15) is 106 Å². The summed E-state index contributed by atoms with van der Waals surface area (Å²) in [6, 6.07) is 0. The fourth-order valence-corrected chi connectivity index (χ4v) is 10.8. The van der Waals surface area contributed by atoms with Gasteiger partial charge in [-0.25, -0.2) is 0 Å². The van der Waals surface area contributed by atoms with Crippen molar-refractivity contribution in [3.05, 3.63) is 23.3 Å². The number of hydrogen-bond acceptors (Lipinski definition) is 9. The van der Waals surface area contributed by atoms with Gasteiger partial charge in [-0.05, 0) is 91.8 Å². The zero-order valence-corrected chi connectivity index (χ0v) is 29.0. The first-order valence-corrected chi connectivity index (χ1v) is 17.6. The van der Waals surface area contributed by atoms with E-state index in [0.717, 1.165) is 44.1 Å². The molecule has 1 heterocycles. The van der Waals surface area contributed by atoms with Crippen LogP contribution in [0.5, 0.6) is 0 Å². The minimum atomic E-state index is -1.68. The zero-order valence-electron chi connectivity index (χ0n) is 29.0. The van der Waals surface area contributed by atoms with Crippen molar-refractivity contribution < 1.29 is 44.9 Å². The van der Waals surface area contributed by atoms with E-state index in [1.54, 1.807) is 0 Å². The smallest absolute Gasteiger partial charge is 0.311 e. The van der Waals surface area contributed by atoms with E-state index in [1.165, 1.54) is 11.1 Å². The summed E-state index contributed by atoms with van der Waals surface area (Å²) in [6.07, 6.45) is -1.91. The van der Waals surface area contributed by atoms with Crippen molar-refractivity contribution in [1.29, 1.82) is 0 Å². The van der Waals surface area contributed by atoms with Crippen molar-refractivity contribution in [2.24, 2.45) is 45.3 Å². The molecule has 9 heteroatoms. The first kappa shape index (κ1) is 36.0. The number of ether oxygens (including phenoxy) is 2. The Balaban J connectivity index is 1.49. The maximum absolute atomic E-state index is 14.2. The summed E-state index contributed by atoms with van der Waals surface area (Å²) in [5, 5.41) is 64.0. The Bertz CT molecular complexity index is 1210. The number of fused-ring (bicyclic) bond motifs is 4. The molecule has 6 N–H and O–H groups in total. The molecule has 5 aliphatic rings. The average Bonchev–Trinajstić information content (AvgIpc) is 3.20. The standard InChI is InChI=1S/C37H60O9/c1-19(2)20(3)9-10-21(32(44)46-33-31(43)30(42)29(41)25(18-38)45-33)24-17-28(40)37(8)23-11-12-26-34(4,5)27(39)14-15-35(26,6)22(23)13-16-36(24,37)7/h19,21,24-31,33,38-43H,3,9-18H2,1-2,4-8H3/t21-,24-,25?,26?,27+,28+,29?,30?,31?,33?,35-,36-,37-/m1/s1. The van der Waals surface area contributed by atoms with Gasteiger partial charge in [-0.1, -0.05) is 71.8 Å². The number of aliphatic hydroxyl groups is 6. The molecular formula is C37H60O9. The predicted octanol–water partition coefficient (Wildman–Crippen LogP) is 4.02. The highest BCUT2D eigenvalue weighted by molar-refractivity contribution is 5.73. The number of hydrogen-bond donors (Lipinski definition) is 6. The van der Waals surface area contributed by atoms with Crippen LogP contribution in [0.15, 0.2) is 23.3 Å². The minimum absolute atomic E-state index is 0.0467. The van der Waals surface area contributed by atoms with Crippen LogP contribution >= 0.6 is 0 Å². The first-order chi connectivity index (χ1) is 21.4. The second-order valence-corrected chi connectivity index (χ2v) is 16.9. The lowest BCUT2D eigenvalue weighted by atomic mass is 9.43. The lowest BCUT2D eigenvalue weighted by Crippen LogP contribution is -2.60. The highest BCUT2D eigenvalue weighted by Gasteiger charge is 2.67. The van der Waals surface area contributed by atoms with E-state index < -0.39 is 66.1 Å². The molecule has 3 fully saturated rings. The maximum atomic E-state index is 14.2. The Morgan fingerprint density at radius 1 is 0.935 bits per heavy atom. The van der Waals surface area contributed by atoms with Crippen molar-refractivity contribution in [3.8, 4) is 0 Å². The maximum Gasteiger partial charge on any atom is 0.311 e. The molecule has 6 unspecified atom stereocenters. The van der Waals surface area contributed by atoms with E-state index in [9.17, 15) is 35.4 Å². The van der Waals surface area contributed by atoms with Gasteiger partial charge in [0.05, 0.1) is 24.7 Å². The third kappa shape index (κ3) is 5.35. The van der Waals surface area contributed by atoms with E-state index in [-0.39, 0.29) is 28.8 Å². The molecule has 5 rings (SSSR count). The second-order valence-electron chi connectivity index (χ2n) is 16.9. The molecule has 46 heavy (non-hydrogen) atoms. The summed E-state index contributed by atoms with van der Waals surface area (Å²) in [4.78, 5) is 14.2. The molecule has 0 aromatic rings. The van der Waals surface area contributed by atoms with Crippen LogP contribution in [-0.2, 0) is 14.3 Å². The van der Waals surface area contributed by atoms with Crippen LogP contribution in [0.4, 0.5) is 0 Å². The quantitative estimate of drug-likeness (QED) is 0.169. The molecule has 1 aliphatic heterocycles. The first-order valence-electron chi connectivity index (χ1n) is 17.6. The number of esters is 1. The van der Waals surface area contributed by atoms with Gasteiger partial charge >= 0.3 is 5.97 Å². The number of rotatable bonds is 8. The summed E-state index contributed by atoms with van der Waals surface area (Å²) in [5.74, 6) is -0.861. The fourth-order valence-electron chi connectivity index (χ4n) is 10.8. The Labute approximate surface area is 275 Å². The van der Waals surface area contributed by atoms with Gasteiger partial charge in [-0.2, -0.15) is 0 Å². The Hall–Kier alpha value is -1.33. The largest absolute Gasteiger partial charge is 0.432 e. The monoisotopic (exact) mass is 648 g/mol. The minimum Gasteiger partial charge on any atom is -0.432 e. The molecule has 1 saturated heterocycles. The normalized spacial score (nSPS) is 45.9. The zero-order chi connectivity index (χ0) is 34.1. The van der Waals surface area contributed by atoms with Crippen LogP contribution in [0.2, 0.25) is 0 Å². The molecule has 13 atom stereocenters. The lowest BCUT2D eigenvalue weighted by molar-refractivity contribution is -0.294. The van der Waals surface area contributed by atoms with Gasteiger partial charge < -0.3 is 40.1 Å². The van der Waals surface area contributed by atoms with Crippen molar-refractivity contribution in [2.45, 2.75) is 149 Å². The van der Waals surface area contributed by atoms with Crippen LogP contribution < -0.4 is 0 Å². The van der Waals surface area contributed by atoms with Crippen LogP contribution in [-0.4, -0.2) is 86.1 Å². The molecule has 262 valence electrons. The van der Waals surface area contributed by atoms with E-state index >= 15 is 0 Å². The van der Waals surface area contributed by atoms with Gasteiger partial charge in [-0.3, -0.25) is 4.79 Å². The number of carbonyl (C=O) groups is 1. The molecule has 2 saturated carbocycles. The van der Waals surface area contributed by atoms with E-state index in [0.29, 0.717) is 25.2 Å². The topological polar surface area (TPSA) is 157 Å². The summed E-state index contributed by atoms with van der Waals surface area (Å²) >= 11 is 0. The van der Waals surface area contributed by atoms with Gasteiger partial charge in [0.2, 0.25) is 6.29 Å². The van der Waals surface area contributed by atoms with E-state index in [2.05, 4.69) is 55.0 Å². The molecule has 0 bridgehead atoms. The summed E-state index contributed by atoms with van der Waals surface area (Å²) < 4.78 is 11.4. The Morgan fingerprint density at radius 3 is 2.24 bits per heavy atom. The number of allylic oxidation sites excluding steroid dienone is 2. The van der Waals surface area contributed by atoms with Crippen LogP contribution in [0.3, 0.4) is 0 Å². The third-order valence-electron chi connectivity index (χ3n) is 14.3. The van der Waals surface area contributed by atoms with Gasteiger partial charge in [0.15, 0.2) is 0 Å². The Morgan fingerprint density at radius 2 is 1.61 bits per heavy atom. The third-order valence-corrected chi connectivity index (χ3v) is 14.3. The van der Waals surface area contributed by atoms with Gasteiger partial charge in [0.1, 0.15) is 24.4 Å². The van der Waals surface area contributed by atoms with Crippen LogP contribution in [0, 0.1) is 45.3 Å². The SMILES string of the molecule is C=C(CC[C@@H](C(=O)OC1OC(CO)C(O)C(O)C1O)[C@H]1C[C@H](O)[C@@]2(C)C3=C(CC[C@]12C)[C@@]1(C)CC[C@H](O)C(C)(C)C1CC3)C(C)C. The molecule has 0 aromatic heterocycles. The molecule has 4 aliphatic carbocycles. The van der Waals surface area contributed by atoms with Gasteiger partial charge in [0.25, 0.3) is 0 Å². The van der Waals surface area contributed by atoms with E-state index in [4.69, 9.17) is 9.47 Å². The van der Waals surface area contributed by atoms with Gasteiger partial charge in [-0.15, -0.1) is 0 Å². The molecule has 0 aromatic carbocycles. The molecule has 0 spiro atoms. The van der Waals surface area contributed by atoms with Crippen LogP contribution in [0.25, 0.3) is 0 Å². The fraction of sp³-hybridized carbons (Fsp3) is 0.865. The summed E-state index contributed by atoms with van der Waals surface area (Å²) in [7, 11) is 0.